The monoisotopic (exact) mass is 359 g/mol. The third-order valence-corrected chi connectivity index (χ3v) is 5.33. The maximum atomic E-state index is 12.4. The molecular weight excluding hydrogens is 338 g/mol. The third kappa shape index (κ3) is 4.33. The summed E-state index contributed by atoms with van der Waals surface area (Å²) < 4.78 is 23.0. The lowest BCUT2D eigenvalue weighted by molar-refractivity contribution is -0.127. The van der Waals surface area contributed by atoms with Gasteiger partial charge in [0.2, 0.25) is 5.78 Å². The van der Waals surface area contributed by atoms with Crippen molar-refractivity contribution in [3.8, 4) is 0 Å². The molecule has 0 bridgehead atoms. The van der Waals surface area contributed by atoms with E-state index in [1.54, 1.807) is 50.4 Å². The van der Waals surface area contributed by atoms with E-state index in [0.717, 1.165) is 17.4 Å². The van der Waals surface area contributed by atoms with Crippen LogP contribution in [0.4, 0.5) is 0 Å². The van der Waals surface area contributed by atoms with E-state index in [2.05, 4.69) is 0 Å². The molecule has 5 nitrogen and oxygen atoms in total. The lowest BCUT2D eigenvalue weighted by Gasteiger charge is -2.25. The molecule has 0 spiro atoms. The molecule has 1 amide bonds. The highest BCUT2D eigenvalue weighted by Gasteiger charge is 2.25. The zero-order valence-corrected chi connectivity index (χ0v) is 15.5. The van der Waals surface area contributed by atoms with E-state index in [0.29, 0.717) is 5.56 Å². The number of sulfone groups is 1. The molecule has 0 saturated carbocycles. The van der Waals surface area contributed by atoms with Crippen molar-refractivity contribution in [2.75, 3.05) is 13.3 Å². The Morgan fingerprint density at radius 2 is 1.48 bits per heavy atom. The van der Waals surface area contributed by atoms with Crippen LogP contribution >= 0.6 is 0 Å². The number of nitrogens with zero attached hydrogens (tertiary/aromatic N) is 1. The summed E-state index contributed by atoms with van der Waals surface area (Å²) in [4.78, 5) is 26.4. The van der Waals surface area contributed by atoms with Crippen molar-refractivity contribution in [1.29, 1.82) is 0 Å². The molecule has 6 heteroatoms. The third-order valence-electron chi connectivity index (χ3n) is 4.20. The van der Waals surface area contributed by atoms with Crippen molar-refractivity contribution in [1.82, 2.24) is 4.90 Å². The van der Waals surface area contributed by atoms with Crippen LogP contribution in [0.3, 0.4) is 0 Å². The molecule has 0 radical (unpaired) electrons. The van der Waals surface area contributed by atoms with Crippen molar-refractivity contribution in [2.45, 2.75) is 24.8 Å². The highest BCUT2D eigenvalue weighted by molar-refractivity contribution is 7.90. The van der Waals surface area contributed by atoms with Gasteiger partial charge in [-0.3, -0.25) is 9.59 Å². The minimum Gasteiger partial charge on any atom is -0.332 e. The van der Waals surface area contributed by atoms with Crippen LogP contribution in [0.15, 0.2) is 53.4 Å². The standard InChI is InChI=1S/C19H21NO4S/c1-13-5-7-16(8-6-13)18(21)19(22)20(3)14(2)15-9-11-17(12-10-15)25(4,23)24/h5-12,14H,1-4H3. The number of carbonyl (C=O) groups excluding carboxylic acids is 2. The summed E-state index contributed by atoms with van der Waals surface area (Å²) >= 11 is 0. The Kier molecular flexibility index (Phi) is 5.42. The summed E-state index contributed by atoms with van der Waals surface area (Å²) in [6.45, 7) is 3.69. The largest absolute Gasteiger partial charge is 0.332 e. The number of carbonyl (C=O) groups is 2. The van der Waals surface area contributed by atoms with Gasteiger partial charge < -0.3 is 4.90 Å². The number of aryl methyl sites for hydroxylation is 1. The molecule has 0 saturated heterocycles. The number of ketones is 1. The van der Waals surface area contributed by atoms with Crippen LogP contribution in [0.1, 0.15) is 34.5 Å². The minimum atomic E-state index is -3.27. The van der Waals surface area contributed by atoms with Gasteiger partial charge in [-0.25, -0.2) is 8.42 Å². The molecule has 0 aliphatic rings. The first-order chi connectivity index (χ1) is 11.6. The maximum Gasteiger partial charge on any atom is 0.295 e. The van der Waals surface area contributed by atoms with Gasteiger partial charge in [-0.2, -0.15) is 0 Å². The smallest absolute Gasteiger partial charge is 0.295 e. The number of Topliss-reactive ketones (excluding diaryl/α,β-unsaturated/α-hetero) is 1. The van der Waals surface area contributed by atoms with Crippen LogP contribution in [0.25, 0.3) is 0 Å². The summed E-state index contributed by atoms with van der Waals surface area (Å²) in [6.07, 6.45) is 1.14. The summed E-state index contributed by atoms with van der Waals surface area (Å²) in [6, 6.07) is 12.8. The zero-order valence-electron chi connectivity index (χ0n) is 14.7. The first kappa shape index (κ1) is 18.9. The molecule has 2 aromatic rings. The predicted octanol–water partition coefficient (Wildman–Crippen LogP) is 2.80. The van der Waals surface area contributed by atoms with Crippen molar-refractivity contribution >= 4 is 21.5 Å². The zero-order chi connectivity index (χ0) is 18.8. The topological polar surface area (TPSA) is 71.5 Å². The second kappa shape index (κ2) is 7.19. The van der Waals surface area contributed by atoms with E-state index in [9.17, 15) is 18.0 Å². The lowest BCUT2D eigenvalue weighted by Crippen LogP contribution is -2.35. The Morgan fingerprint density at radius 3 is 1.96 bits per heavy atom. The van der Waals surface area contributed by atoms with E-state index >= 15 is 0 Å². The molecule has 0 aliphatic heterocycles. The number of likely N-dealkylation sites (N-methyl/N-ethyl adjacent to an activating group) is 1. The van der Waals surface area contributed by atoms with Gasteiger partial charge in [0.25, 0.3) is 5.91 Å². The van der Waals surface area contributed by atoms with E-state index in [4.69, 9.17) is 0 Å². The van der Waals surface area contributed by atoms with E-state index in [1.807, 2.05) is 6.92 Å². The van der Waals surface area contributed by atoms with E-state index in [-0.39, 0.29) is 10.9 Å². The highest BCUT2D eigenvalue weighted by atomic mass is 32.2. The lowest BCUT2D eigenvalue weighted by atomic mass is 10.0. The second-order valence-electron chi connectivity index (χ2n) is 6.13. The van der Waals surface area contributed by atoms with Gasteiger partial charge in [0, 0.05) is 18.9 Å². The van der Waals surface area contributed by atoms with E-state index in [1.165, 1.54) is 17.0 Å². The van der Waals surface area contributed by atoms with Crippen molar-refractivity contribution < 1.29 is 18.0 Å². The van der Waals surface area contributed by atoms with Crippen LogP contribution in [-0.2, 0) is 14.6 Å². The molecule has 2 rings (SSSR count). The summed E-state index contributed by atoms with van der Waals surface area (Å²) in [5.41, 5.74) is 2.11. The molecule has 0 heterocycles. The fourth-order valence-electron chi connectivity index (χ4n) is 2.38. The van der Waals surface area contributed by atoms with Crippen LogP contribution < -0.4 is 0 Å². The highest BCUT2D eigenvalue weighted by Crippen LogP contribution is 2.21. The number of hydrogen-bond donors (Lipinski definition) is 0. The molecule has 1 atom stereocenters. The summed E-state index contributed by atoms with van der Waals surface area (Å²) in [7, 11) is -1.71. The minimum absolute atomic E-state index is 0.216. The number of rotatable bonds is 5. The number of amides is 1. The molecule has 0 aromatic heterocycles. The first-order valence-corrected chi connectivity index (χ1v) is 9.68. The van der Waals surface area contributed by atoms with Gasteiger partial charge in [-0.1, -0.05) is 42.0 Å². The van der Waals surface area contributed by atoms with Gasteiger partial charge >= 0.3 is 0 Å². The van der Waals surface area contributed by atoms with Gasteiger partial charge in [0.1, 0.15) is 0 Å². The fourth-order valence-corrected chi connectivity index (χ4v) is 3.01. The molecule has 132 valence electrons. The predicted molar refractivity (Wildman–Crippen MR) is 96.2 cm³/mol. The van der Waals surface area contributed by atoms with Crippen molar-refractivity contribution in [2.24, 2.45) is 0 Å². The Bertz CT molecular complexity index is 884. The van der Waals surface area contributed by atoms with Gasteiger partial charge in [-0.05, 0) is 31.5 Å². The Hall–Kier alpha value is -2.47. The van der Waals surface area contributed by atoms with E-state index < -0.39 is 21.5 Å². The molecule has 2 aromatic carbocycles. The molecule has 0 N–H and O–H groups in total. The van der Waals surface area contributed by atoms with Crippen molar-refractivity contribution in [3.63, 3.8) is 0 Å². The quantitative estimate of drug-likeness (QED) is 0.608. The average molecular weight is 359 g/mol. The van der Waals surface area contributed by atoms with Gasteiger partial charge in [0.15, 0.2) is 9.84 Å². The molecule has 1 unspecified atom stereocenters. The summed E-state index contributed by atoms with van der Waals surface area (Å²) in [5, 5.41) is 0. The van der Waals surface area contributed by atoms with Crippen LogP contribution in [0.2, 0.25) is 0 Å². The average Bonchev–Trinajstić information content (AvgIpc) is 2.59. The Morgan fingerprint density at radius 1 is 0.960 bits per heavy atom. The van der Waals surface area contributed by atoms with Crippen LogP contribution in [-0.4, -0.2) is 38.3 Å². The second-order valence-corrected chi connectivity index (χ2v) is 8.14. The molecular formula is C19H21NO4S. The Labute approximate surface area is 148 Å². The normalized spacial score (nSPS) is 12.5. The molecule has 25 heavy (non-hydrogen) atoms. The van der Waals surface area contributed by atoms with Crippen LogP contribution in [0.5, 0.6) is 0 Å². The van der Waals surface area contributed by atoms with Gasteiger partial charge in [-0.15, -0.1) is 0 Å². The van der Waals surface area contributed by atoms with Crippen LogP contribution in [0, 0.1) is 6.92 Å². The molecule has 0 aliphatic carbocycles. The number of hydrogen-bond acceptors (Lipinski definition) is 4. The fraction of sp³-hybridized carbons (Fsp3) is 0.263. The van der Waals surface area contributed by atoms with Crippen molar-refractivity contribution in [3.05, 3.63) is 65.2 Å². The Balaban J connectivity index is 2.18. The molecule has 0 fully saturated rings. The number of benzene rings is 2. The maximum absolute atomic E-state index is 12.4. The van der Waals surface area contributed by atoms with Gasteiger partial charge in [0.05, 0.1) is 10.9 Å². The SMILES string of the molecule is Cc1ccc(C(=O)C(=O)N(C)C(C)c2ccc(S(C)(=O)=O)cc2)cc1. The first-order valence-electron chi connectivity index (χ1n) is 7.79. The summed E-state index contributed by atoms with van der Waals surface area (Å²) in [5.74, 6) is -1.18.